The average molecular weight is 401 g/mol. The normalized spacial score (nSPS) is 14.8. The largest absolute Gasteiger partial charge is 0.361 e. The summed E-state index contributed by atoms with van der Waals surface area (Å²) in [5.74, 6) is 1.18. The number of hydrogen-bond acceptors (Lipinski definition) is 6. The minimum absolute atomic E-state index is 0.0797. The van der Waals surface area contributed by atoms with Gasteiger partial charge < -0.3 is 14.8 Å². The van der Waals surface area contributed by atoms with Crippen molar-refractivity contribution in [2.75, 3.05) is 0 Å². The van der Waals surface area contributed by atoms with Crippen molar-refractivity contribution in [1.29, 1.82) is 0 Å². The van der Waals surface area contributed by atoms with E-state index >= 15 is 0 Å². The zero-order valence-corrected chi connectivity index (χ0v) is 17.2. The van der Waals surface area contributed by atoms with Crippen molar-refractivity contribution < 1.29 is 9.32 Å². The lowest BCUT2D eigenvalue weighted by Crippen LogP contribution is -2.27. The lowest BCUT2D eigenvalue weighted by molar-refractivity contribution is -0.121. The Morgan fingerprint density at radius 1 is 1.32 bits per heavy atom. The summed E-state index contributed by atoms with van der Waals surface area (Å²) in [4.78, 5) is 34.6. The van der Waals surface area contributed by atoms with Crippen LogP contribution in [0.15, 0.2) is 9.32 Å². The van der Waals surface area contributed by atoms with Gasteiger partial charge in [-0.05, 0) is 52.0 Å². The molecule has 2 N–H and O–H groups in total. The number of carbonyl (C=O) groups is 1. The van der Waals surface area contributed by atoms with Gasteiger partial charge in [0.2, 0.25) is 5.91 Å². The molecule has 1 amide bonds. The van der Waals surface area contributed by atoms with Gasteiger partial charge in [-0.3, -0.25) is 9.59 Å². The summed E-state index contributed by atoms with van der Waals surface area (Å²) in [6.45, 7) is 5.61. The first-order valence-corrected chi connectivity index (χ1v) is 10.5. The maximum atomic E-state index is 12.6. The van der Waals surface area contributed by atoms with Crippen LogP contribution >= 0.6 is 11.3 Å². The number of H-pyrrole nitrogens is 1. The molecule has 0 radical (unpaired) electrons. The second-order valence-corrected chi connectivity index (χ2v) is 8.51. The van der Waals surface area contributed by atoms with Gasteiger partial charge in [-0.2, -0.15) is 0 Å². The van der Waals surface area contributed by atoms with E-state index in [1.807, 2.05) is 20.8 Å². The maximum Gasteiger partial charge on any atom is 0.259 e. The van der Waals surface area contributed by atoms with Crippen LogP contribution in [0.2, 0.25) is 0 Å². The minimum atomic E-state index is -0.183. The lowest BCUT2D eigenvalue weighted by Gasteiger charge is -2.13. The molecule has 0 aliphatic heterocycles. The van der Waals surface area contributed by atoms with Crippen molar-refractivity contribution in [2.45, 2.75) is 65.3 Å². The second-order valence-electron chi connectivity index (χ2n) is 7.43. The molecule has 8 heteroatoms. The fraction of sp³-hybridized carbons (Fsp3) is 0.500. The number of amides is 1. The van der Waals surface area contributed by atoms with Crippen LogP contribution in [0.1, 0.15) is 65.5 Å². The van der Waals surface area contributed by atoms with Gasteiger partial charge in [0.1, 0.15) is 16.4 Å². The lowest BCUT2D eigenvalue weighted by atomic mass is 9.97. The highest BCUT2D eigenvalue weighted by molar-refractivity contribution is 7.18. The van der Waals surface area contributed by atoms with Crippen molar-refractivity contribution in [3.8, 4) is 0 Å². The number of aromatic amines is 1. The summed E-state index contributed by atoms with van der Waals surface area (Å²) in [6.07, 6.45) is 4.95. The van der Waals surface area contributed by atoms with E-state index in [0.717, 1.165) is 40.7 Å². The molecule has 3 aromatic rings. The Balaban J connectivity index is 1.45. The molecule has 0 spiro atoms. The van der Waals surface area contributed by atoms with Crippen LogP contribution in [-0.2, 0) is 24.1 Å². The van der Waals surface area contributed by atoms with E-state index in [1.165, 1.54) is 16.9 Å². The van der Waals surface area contributed by atoms with Gasteiger partial charge in [0.25, 0.3) is 5.56 Å². The molecule has 7 nitrogen and oxygen atoms in total. The van der Waals surface area contributed by atoms with E-state index in [1.54, 1.807) is 11.3 Å². The molecule has 1 atom stereocenters. The molecule has 0 unspecified atom stereocenters. The van der Waals surface area contributed by atoms with Crippen LogP contribution in [0.4, 0.5) is 0 Å². The molecule has 1 aliphatic rings. The number of nitrogens with one attached hydrogen (secondary N) is 2. The van der Waals surface area contributed by atoms with Crippen LogP contribution in [0, 0.1) is 13.8 Å². The number of fused-ring (bicyclic) bond motifs is 3. The smallest absolute Gasteiger partial charge is 0.259 e. The zero-order chi connectivity index (χ0) is 19.8. The Hall–Kier alpha value is -2.48. The molecule has 0 aromatic carbocycles. The van der Waals surface area contributed by atoms with Crippen LogP contribution < -0.4 is 10.9 Å². The molecule has 148 valence electrons. The Labute approximate surface area is 166 Å². The highest BCUT2D eigenvalue weighted by Crippen LogP contribution is 2.33. The Morgan fingerprint density at radius 3 is 2.86 bits per heavy atom. The maximum absolute atomic E-state index is 12.6. The summed E-state index contributed by atoms with van der Waals surface area (Å²) in [7, 11) is 0. The number of nitrogens with zero attached hydrogens (tertiary/aromatic N) is 2. The molecule has 0 fully saturated rings. The van der Waals surface area contributed by atoms with E-state index in [4.69, 9.17) is 4.52 Å². The van der Waals surface area contributed by atoms with Crippen LogP contribution in [0.3, 0.4) is 0 Å². The van der Waals surface area contributed by atoms with E-state index in [0.29, 0.717) is 18.0 Å². The predicted molar refractivity (Wildman–Crippen MR) is 108 cm³/mol. The third kappa shape index (κ3) is 3.48. The van der Waals surface area contributed by atoms with Crippen LogP contribution in [0.25, 0.3) is 10.2 Å². The van der Waals surface area contributed by atoms with Crippen LogP contribution in [-0.4, -0.2) is 21.0 Å². The van der Waals surface area contributed by atoms with E-state index in [-0.39, 0.29) is 23.9 Å². The Bertz CT molecular complexity index is 1080. The summed E-state index contributed by atoms with van der Waals surface area (Å²) < 4.78 is 5.17. The summed E-state index contributed by atoms with van der Waals surface area (Å²) in [5.41, 5.74) is 2.79. The molecular formula is C20H24N4O3S. The van der Waals surface area contributed by atoms with Crippen molar-refractivity contribution in [3.05, 3.63) is 43.6 Å². The number of thiophene rings is 1. The number of rotatable bonds is 5. The minimum Gasteiger partial charge on any atom is -0.361 e. The number of aryl methyl sites for hydroxylation is 5. The number of carbonyl (C=O) groups excluding carboxylic acids is 1. The topological polar surface area (TPSA) is 101 Å². The fourth-order valence-electron chi connectivity index (χ4n) is 4.05. The summed E-state index contributed by atoms with van der Waals surface area (Å²) in [5, 5.41) is 7.65. The van der Waals surface area contributed by atoms with Gasteiger partial charge in [-0.1, -0.05) is 5.16 Å². The monoisotopic (exact) mass is 400 g/mol. The molecule has 3 aromatic heterocycles. The van der Waals surface area contributed by atoms with Crippen molar-refractivity contribution >= 4 is 27.5 Å². The average Bonchev–Trinajstić information content (AvgIpc) is 3.19. The molecule has 0 saturated heterocycles. The molecule has 3 heterocycles. The van der Waals surface area contributed by atoms with Gasteiger partial charge in [-0.15, -0.1) is 11.3 Å². The molecule has 0 bridgehead atoms. The van der Waals surface area contributed by atoms with E-state index < -0.39 is 0 Å². The first-order chi connectivity index (χ1) is 13.4. The van der Waals surface area contributed by atoms with Gasteiger partial charge in [0, 0.05) is 23.3 Å². The van der Waals surface area contributed by atoms with Gasteiger partial charge >= 0.3 is 0 Å². The standard InChI is InChI=1S/C20H24N4O3S/c1-10(17-11(2)24-27-12(17)3)21-16(25)9-8-15-22-19(26)18-13-6-4-5-7-14(13)28-20(18)23-15/h10H,4-9H2,1-3H3,(H,21,25)(H,22,23,26)/t10-/m1/s1. The van der Waals surface area contributed by atoms with Gasteiger partial charge in [0.15, 0.2) is 0 Å². The molecule has 0 saturated carbocycles. The zero-order valence-electron chi connectivity index (χ0n) is 16.3. The quantitative estimate of drug-likeness (QED) is 0.684. The third-order valence-corrected chi connectivity index (χ3v) is 6.55. The van der Waals surface area contributed by atoms with Crippen molar-refractivity contribution in [2.24, 2.45) is 0 Å². The van der Waals surface area contributed by atoms with E-state index in [2.05, 4.69) is 20.4 Å². The SMILES string of the molecule is Cc1noc(C)c1[C@@H](C)NC(=O)CCc1nc2sc3c(c2c(=O)[nH]1)CCCC3. The van der Waals surface area contributed by atoms with E-state index in [9.17, 15) is 9.59 Å². The molecular weight excluding hydrogens is 376 g/mol. The molecule has 4 rings (SSSR count). The van der Waals surface area contributed by atoms with Crippen molar-refractivity contribution in [3.63, 3.8) is 0 Å². The van der Waals surface area contributed by atoms with Crippen molar-refractivity contribution in [1.82, 2.24) is 20.4 Å². The van der Waals surface area contributed by atoms with Gasteiger partial charge in [0.05, 0.1) is 17.1 Å². The molecule has 28 heavy (non-hydrogen) atoms. The first kappa shape index (κ1) is 18.9. The Kier molecular flexibility index (Phi) is 5.05. The number of aromatic nitrogens is 3. The van der Waals surface area contributed by atoms with Gasteiger partial charge in [-0.25, -0.2) is 4.98 Å². The highest BCUT2D eigenvalue weighted by Gasteiger charge is 2.21. The highest BCUT2D eigenvalue weighted by atomic mass is 32.1. The molecule has 1 aliphatic carbocycles. The van der Waals surface area contributed by atoms with Crippen LogP contribution in [0.5, 0.6) is 0 Å². The first-order valence-electron chi connectivity index (χ1n) is 9.69. The summed E-state index contributed by atoms with van der Waals surface area (Å²) >= 11 is 1.63. The Morgan fingerprint density at radius 2 is 2.11 bits per heavy atom. The fourth-order valence-corrected chi connectivity index (χ4v) is 5.33. The predicted octanol–water partition coefficient (Wildman–Crippen LogP) is 3.28. The summed E-state index contributed by atoms with van der Waals surface area (Å²) in [6, 6.07) is -0.183. The third-order valence-electron chi connectivity index (χ3n) is 5.36. The number of hydrogen-bond donors (Lipinski definition) is 2. The second kappa shape index (κ2) is 7.50.